The topological polar surface area (TPSA) is 41.0 Å². The molecule has 0 spiro atoms. The van der Waals surface area contributed by atoms with Crippen LogP contribution in [0, 0.1) is 5.92 Å². The quantitative estimate of drug-likeness (QED) is 0.768. The number of rotatable bonds is 5. The molecular weight excluding hydrogens is 308 g/mol. The molecule has 128 valence electrons. The zero-order valence-electron chi connectivity index (χ0n) is 14.4. The number of aromatic nitrogens is 2. The molecule has 0 unspecified atom stereocenters. The Balaban J connectivity index is 1.27. The molecule has 0 aliphatic carbocycles. The predicted molar refractivity (Wildman–Crippen MR) is 102 cm³/mol. The van der Waals surface area contributed by atoms with E-state index in [2.05, 4.69) is 50.5 Å². The SMILES string of the molecule is c1ccc(CN2CCC(CNc3cnc4ccccc4n3)CC2)cc1. The van der Waals surface area contributed by atoms with E-state index in [1.165, 1.54) is 31.5 Å². The van der Waals surface area contributed by atoms with Gasteiger partial charge in [-0.2, -0.15) is 0 Å². The molecule has 4 nitrogen and oxygen atoms in total. The van der Waals surface area contributed by atoms with Crippen molar-refractivity contribution in [3.8, 4) is 0 Å². The highest BCUT2D eigenvalue weighted by Crippen LogP contribution is 2.20. The smallest absolute Gasteiger partial charge is 0.145 e. The molecule has 0 atom stereocenters. The molecule has 2 heterocycles. The maximum absolute atomic E-state index is 4.65. The van der Waals surface area contributed by atoms with Crippen LogP contribution in [-0.4, -0.2) is 34.5 Å². The van der Waals surface area contributed by atoms with Crippen LogP contribution in [-0.2, 0) is 6.54 Å². The van der Waals surface area contributed by atoms with Gasteiger partial charge < -0.3 is 5.32 Å². The molecule has 2 aromatic carbocycles. The molecule has 3 aromatic rings. The molecule has 25 heavy (non-hydrogen) atoms. The fraction of sp³-hybridized carbons (Fsp3) is 0.333. The Hall–Kier alpha value is -2.46. The lowest BCUT2D eigenvalue weighted by molar-refractivity contribution is 0.182. The van der Waals surface area contributed by atoms with Crippen molar-refractivity contribution in [2.45, 2.75) is 19.4 Å². The summed E-state index contributed by atoms with van der Waals surface area (Å²) >= 11 is 0. The molecule has 0 bridgehead atoms. The molecule has 4 heteroatoms. The Labute approximate surface area is 148 Å². The van der Waals surface area contributed by atoms with Gasteiger partial charge in [-0.1, -0.05) is 42.5 Å². The highest BCUT2D eigenvalue weighted by atomic mass is 15.1. The minimum atomic E-state index is 0.709. The van der Waals surface area contributed by atoms with Gasteiger partial charge in [-0.15, -0.1) is 0 Å². The summed E-state index contributed by atoms with van der Waals surface area (Å²) in [5.74, 6) is 1.59. The number of piperidine rings is 1. The number of fused-ring (bicyclic) bond motifs is 1. The van der Waals surface area contributed by atoms with Crippen LogP contribution in [0.25, 0.3) is 11.0 Å². The van der Waals surface area contributed by atoms with Crippen LogP contribution in [0.4, 0.5) is 5.82 Å². The largest absolute Gasteiger partial charge is 0.368 e. The van der Waals surface area contributed by atoms with E-state index in [1.807, 2.05) is 30.5 Å². The lowest BCUT2D eigenvalue weighted by Gasteiger charge is -2.32. The Morgan fingerprint density at radius 2 is 1.64 bits per heavy atom. The Morgan fingerprint density at radius 3 is 2.44 bits per heavy atom. The van der Waals surface area contributed by atoms with Crippen molar-refractivity contribution in [2.24, 2.45) is 5.92 Å². The van der Waals surface area contributed by atoms with E-state index < -0.39 is 0 Å². The second kappa shape index (κ2) is 7.62. The molecule has 1 aliphatic rings. The van der Waals surface area contributed by atoms with Crippen LogP contribution in [0.2, 0.25) is 0 Å². The van der Waals surface area contributed by atoms with Gasteiger partial charge in [0.15, 0.2) is 0 Å². The zero-order valence-corrected chi connectivity index (χ0v) is 14.4. The number of hydrogen-bond acceptors (Lipinski definition) is 4. The first-order valence-corrected chi connectivity index (χ1v) is 9.09. The molecule has 1 aromatic heterocycles. The fourth-order valence-electron chi connectivity index (χ4n) is 3.48. The number of para-hydroxylation sites is 2. The zero-order chi connectivity index (χ0) is 16.9. The van der Waals surface area contributed by atoms with E-state index in [4.69, 9.17) is 0 Å². The molecule has 1 fully saturated rings. The van der Waals surface area contributed by atoms with Crippen LogP contribution < -0.4 is 5.32 Å². The monoisotopic (exact) mass is 332 g/mol. The van der Waals surface area contributed by atoms with E-state index in [1.54, 1.807) is 0 Å². The van der Waals surface area contributed by atoms with Gasteiger partial charge in [-0.3, -0.25) is 9.88 Å². The molecule has 1 N–H and O–H groups in total. The number of benzene rings is 2. The van der Waals surface area contributed by atoms with Crippen molar-refractivity contribution in [1.29, 1.82) is 0 Å². The first-order valence-electron chi connectivity index (χ1n) is 9.09. The summed E-state index contributed by atoms with van der Waals surface area (Å²) < 4.78 is 0. The second-order valence-corrected chi connectivity index (χ2v) is 6.83. The summed E-state index contributed by atoms with van der Waals surface area (Å²) in [5.41, 5.74) is 3.30. The van der Waals surface area contributed by atoms with Crippen molar-refractivity contribution < 1.29 is 0 Å². The molecule has 0 saturated carbocycles. The highest BCUT2D eigenvalue weighted by molar-refractivity contribution is 5.75. The van der Waals surface area contributed by atoms with Gasteiger partial charge in [0.05, 0.1) is 17.2 Å². The molecular formula is C21H24N4. The molecule has 4 rings (SSSR count). The number of likely N-dealkylation sites (tertiary alicyclic amines) is 1. The summed E-state index contributed by atoms with van der Waals surface area (Å²) in [7, 11) is 0. The summed E-state index contributed by atoms with van der Waals surface area (Å²) in [5, 5.41) is 3.48. The van der Waals surface area contributed by atoms with Crippen molar-refractivity contribution in [1.82, 2.24) is 14.9 Å². The van der Waals surface area contributed by atoms with Crippen LogP contribution in [0.15, 0.2) is 60.8 Å². The number of nitrogens with one attached hydrogen (secondary N) is 1. The number of anilines is 1. The third-order valence-corrected chi connectivity index (χ3v) is 4.98. The van der Waals surface area contributed by atoms with Crippen molar-refractivity contribution >= 4 is 16.9 Å². The molecule has 0 amide bonds. The van der Waals surface area contributed by atoms with Gasteiger partial charge in [0.25, 0.3) is 0 Å². The third kappa shape index (κ3) is 4.15. The van der Waals surface area contributed by atoms with Gasteiger partial charge in [0, 0.05) is 13.1 Å². The van der Waals surface area contributed by atoms with Crippen molar-refractivity contribution in [2.75, 3.05) is 25.0 Å². The Bertz CT molecular complexity index is 810. The van der Waals surface area contributed by atoms with Gasteiger partial charge in [0.2, 0.25) is 0 Å². The van der Waals surface area contributed by atoms with Crippen molar-refractivity contribution in [3.05, 3.63) is 66.4 Å². The first kappa shape index (κ1) is 16.0. The Kier molecular flexibility index (Phi) is 4.89. The van der Waals surface area contributed by atoms with E-state index >= 15 is 0 Å². The normalized spacial score (nSPS) is 16.2. The number of nitrogens with zero attached hydrogens (tertiary/aromatic N) is 3. The minimum absolute atomic E-state index is 0.709. The van der Waals surface area contributed by atoms with Crippen LogP contribution in [0.1, 0.15) is 18.4 Å². The number of hydrogen-bond donors (Lipinski definition) is 1. The lowest BCUT2D eigenvalue weighted by atomic mass is 9.96. The first-order chi connectivity index (χ1) is 12.4. The average Bonchev–Trinajstić information content (AvgIpc) is 2.68. The maximum Gasteiger partial charge on any atom is 0.145 e. The molecule has 1 aliphatic heterocycles. The third-order valence-electron chi connectivity index (χ3n) is 4.98. The summed E-state index contributed by atoms with van der Waals surface area (Å²) in [6.45, 7) is 4.39. The second-order valence-electron chi connectivity index (χ2n) is 6.83. The van der Waals surface area contributed by atoms with Crippen LogP contribution >= 0.6 is 0 Å². The average molecular weight is 332 g/mol. The van der Waals surface area contributed by atoms with Gasteiger partial charge in [0.1, 0.15) is 5.82 Å². The summed E-state index contributed by atoms with van der Waals surface area (Å²) in [6, 6.07) is 18.8. The van der Waals surface area contributed by atoms with Crippen LogP contribution in [0.5, 0.6) is 0 Å². The predicted octanol–water partition coefficient (Wildman–Crippen LogP) is 3.95. The van der Waals surface area contributed by atoms with Gasteiger partial charge in [-0.05, 0) is 49.5 Å². The lowest BCUT2D eigenvalue weighted by Crippen LogP contribution is -2.35. The van der Waals surface area contributed by atoms with E-state index in [0.717, 1.165) is 29.9 Å². The maximum atomic E-state index is 4.65. The van der Waals surface area contributed by atoms with Crippen molar-refractivity contribution in [3.63, 3.8) is 0 Å². The molecule has 0 radical (unpaired) electrons. The molecule has 1 saturated heterocycles. The van der Waals surface area contributed by atoms with Crippen LogP contribution in [0.3, 0.4) is 0 Å². The standard InChI is InChI=1S/C21H24N4/c1-2-6-18(7-3-1)16-25-12-10-17(11-13-25)14-23-21-15-22-19-8-4-5-9-20(19)24-21/h1-9,15,17H,10-14,16H2,(H,23,24). The summed E-state index contributed by atoms with van der Waals surface area (Å²) in [6.07, 6.45) is 4.31. The van der Waals surface area contributed by atoms with E-state index in [9.17, 15) is 0 Å². The summed E-state index contributed by atoms with van der Waals surface area (Å²) in [4.78, 5) is 11.7. The van der Waals surface area contributed by atoms with Gasteiger partial charge in [-0.25, -0.2) is 4.98 Å². The van der Waals surface area contributed by atoms with E-state index in [-0.39, 0.29) is 0 Å². The Morgan fingerprint density at radius 1 is 0.920 bits per heavy atom. The van der Waals surface area contributed by atoms with Gasteiger partial charge >= 0.3 is 0 Å². The highest BCUT2D eigenvalue weighted by Gasteiger charge is 2.19. The van der Waals surface area contributed by atoms with E-state index in [0.29, 0.717) is 5.92 Å². The fourth-order valence-corrected chi connectivity index (χ4v) is 3.48. The minimum Gasteiger partial charge on any atom is -0.368 e.